The van der Waals surface area contributed by atoms with Crippen LogP contribution in [0, 0.1) is 11.8 Å². The van der Waals surface area contributed by atoms with E-state index in [0.717, 1.165) is 10.4 Å². The first-order valence-electron chi connectivity index (χ1n) is 5.90. The fraction of sp³-hybridized carbons (Fsp3) is 0.214. The third kappa shape index (κ3) is 4.09. The molecule has 0 unspecified atom stereocenters. The quantitative estimate of drug-likeness (QED) is 0.848. The Morgan fingerprint density at radius 1 is 1.40 bits per heavy atom. The van der Waals surface area contributed by atoms with Gasteiger partial charge in [-0.25, -0.2) is 0 Å². The molecule has 0 atom stereocenters. The van der Waals surface area contributed by atoms with Gasteiger partial charge in [0.05, 0.1) is 22.4 Å². The van der Waals surface area contributed by atoms with Crippen molar-refractivity contribution < 1.29 is 9.90 Å². The summed E-state index contributed by atoms with van der Waals surface area (Å²) in [4.78, 5) is 13.5. The van der Waals surface area contributed by atoms with Crippen LogP contribution in [0.1, 0.15) is 26.5 Å². The van der Waals surface area contributed by atoms with Gasteiger partial charge in [-0.05, 0) is 23.6 Å². The van der Waals surface area contributed by atoms with Gasteiger partial charge >= 0.3 is 0 Å². The maximum atomic E-state index is 11.9. The number of carbonyl (C=O) groups is 1. The summed E-state index contributed by atoms with van der Waals surface area (Å²) < 4.78 is 0.599. The van der Waals surface area contributed by atoms with Gasteiger partial charge < -0.3 is 10.4 Å². The molecule has 6 heteroatoms. The zero-order valence-corrected chi connectivity index (χ0v) is 12.9. The summed E-state index contributed by atoms with van der Waals surface area (Å²) >= 11 is 8.60. The van der Waals surface area contributed by atoms with Crippen LogP contribution in [0.2, 0.25) is 4.34 Å². The summed E-state index contributed by atoms with van der Waals surface area (Å²) in [6, 6.07) is 5.33. The third-order valence-electron chi connectivity index (χ3n) is 2.41. The van der Waals surface area contributed by atoms with E-state index in [4.69, 9.17) is 16.7 Å². The highest BCUT2D eigenvalue weighted by Crippen LogP contribution is 2.21. The monoisotopic (exact) mass is 325 g/mol. The number of hydrogen-bond donors (Lipinski definition) is 2. The fourth-order valence-corrected chi connectivity index (χ4v) is 3.22. The Hall–Kier alpha value is -1.32. The predicted octanol–water partition coefficient (Wildman–Crippen LogP) is 3.13. The lowest BCUT2D eigenvalue weighted by molar-refractivity contribution is 0.0955. The molecule has 2 N–H and O–H groups in total. The van der Waals surface area contributed by atoms with E-state index < -0.39 is 0 Å². The Labute approximate surface area is 130 Å². The second kappa shape index (κ2) is 7.46. The van der Waals surface area contributed by atoms with E-state index in [1.807, 2.05) is 11.4 Å². The van der Waals surface area contributed by atoms with Crippen molar-refractivity contribution in [1.29, 1.82) is 0 Å². The summed E-state index contributed by atoms with van der Waals surface area (Å²) in [5.74, 6) is 5.74. The van der Waals surface area contributed by atoms with Crippen LogP contribution in [-0.4, -0.2) is 17.6 Å². The average molecular weight is 326 g/mol. The number of rotatable bonds is 4. The molecule has 104 valence electrons. The standard InChI is InChI=1S/C14H12ClNO2S2/c15-13-5-4-11(20-13)14(18)16-9-12-10(6-8-19-12)3-1-2-7-17/h4-6,8,17H,2,7,9H2,(H,16,18). The Bertz CT molecular complexity index is 651. The number of hydrogen-bond acceptors (Lipinski definition) is 4. The van der Waals surface area contributed by atoms with Crippen molar-refractivity contribution in [2.24, 2.45) is 0 Å². The molecule has 2 heterocycles. The number of nitrogens with one attached hydrogen (secondary N) is 1. The first-order chi connectivity index (χ1) is 9.70. The maximum absolute atomic E-state index is 11.9. The number of aliphatic hydroxyl groups is 1. The van der Waals surface area contributed by atoms with Gasteiger partial charge in [-0.2, -0.15) is 0 Å². The minimum absolute atomic E-state index is 0.0579. The lowest BCUT2D eigenvalue weighted by atomic mass is 10.2. The van der Waals surface area contributed by atoms with E-state index in [1.165, 1.54) is 11.3 Å². The molecule has 3 nitrogen and oxygen atoms in total. The molecular formula is C14H12ClNO2S2. The molecule has 2 rings (SSSR count). The number of aliphatic hydroxyl groups excluding tert-OH is 1. The smallest absolute Gasteiger partial charge is 0.261 e. The fourth-order valence-electron chi connectivity index (χ4n) is 1.49. The Morgan fingerprint density at radius 3 is 2.95 bits per heavy atom. The molecule has 0 saturated carbocycles. The number of thiophene rings is 2. The van der Waals surface area contributed by atoms with Gasteiger partial charge in [0.15, 0.2) is 0 Å². The van der Waals surface area contributed by atoms with Crippen molar-refractivity contribution in [1.82, 2.24) is 5.32 Å². The zero-order valence-electron chi connectivity index (χ0n) is 10.5. The molecule has 0 saturated heterocycles. The maximum Gasteiger partial charge on any atom is 0.261 e. The summed E-state index contributed by atoms with van der Waals surface area (Å²) in [5.41, 5.74) is 0.896. The Kier molecular flexibility index (Phi) is 5.62. The molecule has 0 aliphatic carbocycles. The highest BCUT2D eigenvalue weighted by molar-refractivity contribution is 7.18. The lowest BCUT2D eigenvalue weighted by Crippen LogP contribution is -2.21. The largest absolute Gasteiger partial charge is 0.395 e. The predicted molar refractivity (Wildman–Crippen MR) is 83.4 cm³/mol. The number of carbonyl (C=O) groups excluding carboxylic acids is 1. The van der Waals surface area contributed by atoms with Crippen LogP contribution in [-0.2, 0) is 6.54 Å². The summed E-state index contributed by atoms with van der Waals surface area (Å²) in [5, 5.41) is 13.5. The molecule has 0 radical (unpaired) electrons. The summed E-state index contributed by atoms with van der Waals surface area (Å²) in [6.07, 6.45) is 0.454. The minimum Gasteiger partial charge on any atom is -0.395 e. The highest BCUT2D eigenvalue weighted by atomic mass is 35.5. The van der Waals surface area contributed by atoms with Crippen molar-refractivity contribution in [3.8, 4) is 11.8 Å². The van der Waals surface area contributed by atoms with Crippen LogP contribution >= 0.6 is 34.3 Å². The Morgan fingerprint density at radius 2 is 2.25 bits per heavy atom. The molecule has 0 bridgehead atoms. The highest BCUT2D eigenvalue weighted by Gasteiger charge is 2.09. The van der Waals surface area contributed by atoms with Crippen LogP contribution < -0.4 is 5.32 Å². The molecule has 2 aromatic heterocycles. The van der Waals surface area contributed by atoms with Crippen molar-refractivity contribution in [3.63, 3.8) is 0 Å². The molecule has 2 aromatic rings. The third-order valence-corrected chi connectivity index (χ3v) is 4.56. The lowest BCUT2D eigenvalue weighted by Gasteiger charge is -2.02. The van der Waals surface area contributed by atoms with Gasteiger partial charge in [-0.15, -0.1) is 22.7 Å². The summed E-state index contributed by atoms with van der Waals surface area (Å²) in [6.45, 7) is 0.498. The van der Waals surface area contributed by atoms with Crippen molar-refractivity contribution in [2.45, 2.75) is 13.0 Å². The van der Waals surface area contributed by atoms with Crippen LogP contribution in [0.15, 0.2) is 23.6 Å². The second-order valence-electron chi connectivity index (χ2n) is 3.82. The SMILES string of the molecule is O=C(NCc1sccc1C#CCCO)c1ccc(Cl)s1. The van der Waals surface area contributed by atoms with Gasteiger partial charge in [0, 0.05) is 16.9 Å². The van der Waals surface area contributed by atoms with Gasteiger partial charge in [-0.1, -0.05) is 23.4 Å². The summed E-state index contributed by atoms with van der Waals surface area (Å²) in [7, 11) is 0. The van der Waals surface area contributed by atoms with Crippen LogP contribution in [0.5, 0.6) is 0 Å². The van der Waals surface area contributed by atoms with E-state index in [-0.39, 0.29) is 12.5 Å². The molecule has 0 aromatic carbocycles. The van der Waals surface area contributed by atoms with Crippen LogP contribution in [0.3, 0.4) is 0 Å². The van der Waals surface area contributed by atoms with E-state index in [1.54, 1.807) is 23.5 Å². The van der Waals surface area contributed by atoms with Gasteiger partial charge in [0.25, 0.3) is 5.91 Å². The van der Waals surface area contributed by atoms with Crippen molar-refractivity contribution in [3.05, 3.63) is 43.2 Å². The zero-order chi connectivity index (χ0) is 14.4. The normalized spacial score (nSPS) is 9.90. The van der Waals surface area contributed by atoms with Crippen LogP contribution in [0.4, 0.5) is 0 Å². The topological polar surface area (TPSA) is 49.3 Å². The van der Waals surface area contributed by atoms with Gasteiger partial charge in [0.1, 0.15) is 0 Å². The van der Waals surface area contributed by atoms with E-state index in [9.17, 15) is 4.79 Å². The molecule has 0 fully saturated rings. The van der Waals surface area contributed by atoms with E-state index >= 15 is 0 Å². The molecule has 0 aliphatic heterocycles. The number of halogens is 1. The Balaban J connectivity index is 1.96. The van der Waals surface area contributed by atoms with Gasteiger partial charge in [0.2, 0.25) is 0 Å². The van der Waals surface area contributed by atoms with E-state index in [2.05, 4.69) is 17.2 Å². The van der Waals surface area contributed by atoms with Crippen molar-refractivity contribution >= 4 is 40.2 Å². The minimum atomic E-state index is -0.135. The van der Waals surface area contributed by atoms with Crippen LogP contribution in [0.25, 0.3) is 0 Å². The molecule has 1 amide bonds. The molecular weight excluding hydrogens is 314 g/mol. The second-order valence-corrected chi connectivity index (χ2v) is 6.54. The first kappa shape index (κ1) is 15.1. The van der Waals surface area contributed by atoms with Crippen molar-refractivity contribution in [2.75, 3.05) is 6.61 Å². The molecule has 0 aliphatic rings. The average Bonchev–Trinajstić information content (AvgIpc) is 3.05. The molecule has 20 heavy (non-hydrogen) atoms. The number of amides is 1. The first-order valence-corrected chi connectivity index (χ1v) is 7.97. The van der Waals surface area contributed by atoms with E-state index in [0.29, 0.717) is 22.2 Å². The molecule has 0 spiro atoms. The van der Waals surface area contributed by atoms with Gasteiger partial charge in [-0.3, -0.25) is 4.79 Å².